The van der Waals surface area contributed by atoms with Gasteiger partial charge in [0.25, 0.3) is 5.91 Å². The number of amides is 1. The first-order chi connectivity index (χ1) is 16.1. The highest BCUT2D eigenvalue weighted by molar-refractivity contribution is 9.10. The second-order valence-corrected chi connectivity index (χ2v) is 8.81. The predicted molar refractivity (Wildman–Crippen MR) is 135 cm³/mol. The van der Waals surface area contributed by atoms with Gasteiger partial charge in [0.1, 0.15) is 6.61 Å². The summed E-state index contributed by atoms with van der Waals surface area (Å²) in [5.41, 5.74) is 3.49. The number of carbonyl (C=O) groups is 1. The number of methoxy groups -OCH3 is 1. The number of rotatable bonds is 7. The molecule has 4 rings (SSSR count). The number of aliphatic imine (C=N–C) groups is 1. The van der Waals surface area contributed by atoms with Gasteiger partial charge in [0, 0.05) is 29.3 Å². The van der Waals surface area contributed by atoms with E-state index in [9.17, 15) is 4.79 Å². The Morgan fingerprint density at radius 3 is 2.48 bits per heavy atom. The quantitative estimate of drug-likeness (QED) is 0.347. The van der Waals surface area contributed by atoms with E-state index >= 15 is 0 Å². The molecule has 3 aromatic carbocycles. The van der Waals surface area contributed by atoms with E-state index in [1.54, 1.807) is 13.3 Å². The van der Waals surface area contributed by atoms with Crippen LogP contribution in [0.15, 0.2) is 76.2 Å². The molecule has 0 atom stereocenters. The molecular weight excluding hydrogens is 480 g/mol. The van der Waals surface area contributed by atoms with Crippen LogP contribution in [-0.4, -0.2) is 37.2 Å². The molecule has 0 bridgehead atoms. The zero-order valence-corrected chi connectivity index (χ0v) is 20.3. The van der Waals surface area contributed by atoms with Gasteiger partial charge in [-0.15, -0.1) is 0 Å². The summed E-state index contributed by atoms with van der Waals surface area (Å²) in [6.07, 6.45) is 5.19. The Kier molecular flexibility index (Phi) is 7.79. The number of para-hydroxylation sites is 1. The summed E-state index contributed by atoms with van der Waals surface area (Å²) in [6.45, 7) is 2.10. The third-order valence-electron chi connectivity index (χ3n) is 5.63. The van der Waals surface area contributed by atoms with Crippen LogP contribution in [0.1, 0.15) is 40.7 Å². The fraction of sp³-hybridized carbons (Fsp3) is 0.259. The van der Waals surface area contributed by atoms with E-state index < -0.39 is 0 Å². The van der Waals surface area contributed by atoms with Gasteiger partial charge >= 0.3 is 0 Å². The van der Waals surface area contributed by atoms with Crippen LogP contribution < -0.4 is 9.47 Å². The lowest BCUT2D eigenvalue weighted by molar-refractivity contribution is 0.0724. The number of piperidine rings is 1. The van der Waals surface area contributed by atoms with Crippen LogP contribution in [0.2, 0.25) is 0 Å². The second-order valence-electron chi connectivity index (χ2n) is 7.96. The molecule has 3 aromatic rings. The van der Waals surface area contributed by atoms with Gasteiger partial charge in [0.2, 0.25) is 0 Å². The molecule has 6 heteroatoms. The van der Waals surface area contributed by atoms with Gasteiger partial charge in [-0.25, -0.2) is 0 Å². The molecule has 0 aromatic heterocycles. The summed E-state index contributed by atoms with van der Waals surface area (Å²) in [5.74, 6) is 1.41. The van der Waals surface area contributed by atoms with Crippen LogP contribution in [0, 0.1) is 0 Å². The van der Waals surface area contributed by atoms with E-state index in [1.807, 2.05) is 71.6 Å². The smallest absolute Gasteiger partial charge is 0.253 e. The van der Waals surface area contributed by atoms with E-state index in [-0.39, 0.29) is 5.91 Å². The van der Waals surface area contributed by atoms with Gasteiger partial charge < -0.3 is 14.4 Å². The standard InChI is InChI=1S/C27H27BrN2O3/c1-32-26-17-21(18-29-24-8-4-3-7-23(24)28)11-14-25(26)33-19-20-9-12-22(13-10-20)27(31)30-15-5-2-6-16-30/h3-4,7-14,17-18H,2,5-6,15-16,19H2,1H3. The summed E-state index contributed by atoms with van der Waals surface area (Å²) >= 11 is 3.51. The molecule has 1 heterocycles. The number of likely N-dealkylation sites (tertiary alicyclic amines) is 1. The highest BCUT2D eigenvalue weighted by Gasteiger charge is 2.18. The van der Waals surface area contributed by atoms with Crippen LogP contribution in [-0.2, 0) is 6.61 Å². The maximum absolute atomic E-state index is 12.6. The third kappa shape index (κ3) is 6.02. The molecule has 1 fully saturated rings. The molecule has 170 valence electrons. The Balaban J connectivity index is 1.38. The molecule has 0 unspecified atom stereocenters. The van der Waals surface area contributed by atoms with Crippen molar-refractivity contribution in [1.29, 1.82) is 0 Å². The van der Waals surface area contributed by atoms with Gasteiger partial charge in [0.05, 0.1) is 12.8 Å². The van der Waals surface area contributed by atoms with Gasteiger partial charge in [-0.2, -0.15) is 0 Å². The molecule has 0 N–H and O–H groups in total. The van der Waals surface area contributed by atoms with Gasteiger partial charge in [-0.1, -0.05) is 24.3 Å². The highest BCUT2D eigenvalue weighted by Crippen LogP contribution is 2.29. The van der Waals surface area contributed by atoms with Crippen LogP contribution >= 0.6 is 15.9 Å². The molecule has 33 heavy (non-hydrogen) atoms. The molecule has 0 aliphatic carbocycles. The number of hydrogen-bond donors (Lipinski definition) is 0. The van der Waals surface area contributed by atoms with Gasteiger partial charge in [0.15, 0.2) is 11.5 Å². The lowest BCUT2D eigenvalue weighted by Crippen LogP contribution is -2.35. The van der Waals surface area contributed by atoms with Crippen molar-refractivity contribution in [2.75, 3.05) is 20.2 Å². The topological polar surface area (TPSA) is 51.1 Å². The third-order valence-corrected chi connectivity index (χ3v) is 6.30. The van der Waals surface area contributed by atoms with Crippen molar-refractivity contribution in [2.24, 2.45) is 4.99 Å². The SMILES string of the molecule is COc1cc(C=Nc2ccccc2Br)ccc1OCc1ccc(C(=O)N2CCCCC2)cc1. The van der Waals surface area contributed by atoms with Gasteiger partial charge in [-0.3, -0.25) is 9.79 Å². The average Bonchev–Trinajstić information content (AvgIpc) is 2.87. The number of halogens is 1. The minimum Gasteiger partial charge on any atom is -0.493 e. The van der Waals surface area contributed by atoms with Crippen LogP contribution in [0.4, 0.5) is 5.69 Å². The van der Waals surface area contributed by atoms with E-state index in [4.69, 9.17) is 9.47 Å². The van der Waals surface area contributed by atoms with E-state index in [2.05, 4.69) is 20.9 Å². The van der Waals surface area contributed by atoms with Crippen molar-refractivity contribution in [1.82, 2.24) is 4.90 Å². The Bertz CT molecular complexity index is 1120. The molecule has 0 spiro atoms. The molecule has 0 radical (unpaired) electrons. The van der Waals surface area contributed by atoms with Crippen molar-refractivity contribution in [3.8, 4) is 11.5 Å². The van der Waals surface area contributed by atoms with E-state index in [0.29, 0.717) is 18.1 Å². The van der Waals surface area contributed by atoms with Crippen molar-refractivity contribution in [3.63, 3.8) is 0 Å². The summed E-state index contributed by atoms with van der Waals surface area (Å²) in [4.78, 5) is 19.1. The fourth-order valence-electron chi connectivity index (χ4n) is 3.77. The Hall–Kier alpha value is -3.12. The van der Waals surface area contributed by atoms with Crippen molar-refractivity contribution in [2.45, 2.75) is 25.9 Å². The molecule has 1 aliphatic heterocycles. The molecule has 1 saturated heterocycles. The number of hydrogen-bond acceptors (Lipinski definition) is 4. The Morgan fingerprint density at radius 1 is 1.00 bits per heavy atom. The second kappa shape index (κ2) is 11.1. The van der Waals surface area contributed by atoms with E-state index in [0.717, 1.165) is 52.8 Å². The minimum atomic E-state index is 0.114. The number of ether oxygens (including phenoxy) is 2. The largest absolute Gasteiger partial charge is 0.493 e. The average molecular weight is 507 g/mol. The zero-order chi connectivity index (χ0) is 23.0. The molecular formula is C27H27BrN2O3. The van der Waals surface area contributed by atoms with E-state index in [1.165, 1.54) is 6.42 Å². The maximum atomic E-state index is 12.6. The summed E-state index contributed by atoms with van der Waals surface area (Å²) in [7, 11) is 1.62. The fourth-order valence-corrected chi connectivity index (χ4v) is 4.16. The molecule has 1 amide bonds. The first kappa shape index (κ1) is 23.1. The van der Waals surface area contributed by atoms with Crippen molar-refractivity contribution < 1.29 is 14.3 Å². The number of carbonyl (C=O) groups excluding carboxylic acids is 1. The normalized spacial score (nSPS) is 13.8. The Morgan fingerprint density at radius 2 is 1.76 bits per heavy atom. The van der Waals surface area contributed by atoms with Crippen LogP contribution in [0.5, 0.6) is 11.5 Å². The van der Waals surface area contributed by atoms with Gasteiger partial charge in [-0.05, 0) is 88.8 Å². The van der Waals surface area contributed by atoms with Crippen LogP contribution in [0.3, 0.4) is 0 Å². The monoisotopic (exact) mass is 506 g/mol. The lowest BCUT2D eigenvalue weighted by atomic mass is 10.1. The number of nitrogens with zero attached hydrogens (tertiary/aromatic N) is 2. The lowest BCUT2D eigenvalue weighted by Gasteiger charge is -2.26. The molecule has 0 saturated carbocycles. The Labute approximate surface area is 203 Å². The first-order valence-corrected chi connectivity index (χ1v) is 11.9. The first-order valence-electron chi connectivity index (χ1n) is 11.1. The maximum Gasteiger partial charge on any atom is 0.253 e. The highest BCUT2D eigenvalue weighted by atomic mass is 79.9. The van der Waals surface area contributed by atoms with Crippen molar-refractivity contribution >= 4 is 33.7 Å². The van der Waals surface area contributed by atoms with Crippen LogP contribution in [0.25, 0.3) is 0 Å². The molecule has 1 aliphatic rings. The molecule has 5 nitrogen and oxygen atoms in total. The zero-order valence-electron chi connectivity index (χ0n) is 18.7. The summed E-state index contributed by atoms with van der Waals surface area (Å²) in [5, 5.41) is 0. The van der Waals surface area contributed by atoms with Crippen molar-refractivity contribution in [3.05, 3.63) is 87.9 Å². The predicted octanol–water partition coefficient (Wildman–Crippen LogP) is 6.41. The number of benzene rings is 3. The summed E-state index contributed by atoms with van der Waals surface area (Å²) < 4.78 is 12.5. The minimum absolute atomic E-state index is 0.114. The summed E-state index contributed by atoms with van der Waals surface area (Å²) in [6, 6.07) is 21.2.